The lowest BCUT2D eigenvalue weighted by atomic mass is 10.2. The number of nitrogens with one attached hydrogen (secondary N) is 1. The molecule has 0 fully saturated rings. The van der Waals surface area contributed by atoms with Crippen molar-refractivity contribution in [2.45, 2.75) is 20.0 Å². The summed E-state index contributed by atoms with van der Waals surface area (Å²) in [5.41, 5.74) is 0.175. The number of aromatic nitrogens is 2. The number of nitrogens with zero attached hydrogens (tertiary/aromatic N) is 3. The fourth-order valence-electron chi connectivity index (χ4n) is 2.23. The van der Waals surface area contributed by atoms with Crippen LogP contribution < -0.4 is 5.32 Å². The van der Waals surface area contributed by atoms with Gasteiger partial charge in [0.05, 0.1) is 0 Å². The van der Waals surface area contributed by atoms with Crippen molar-refractivity contribution in [2.75, 3.05) is 13.6 Å². The molecule has 0 spiro atoms. The highest BCUT2D eigenvalue weighted by molar-refractivity contribution is 5.73. The molecule has 0 aliphatic rings. The molecule has 0 saturated carbocycles. The molecule has 2 aromatic rings. The van der Waals surface area contributed by atoms with E-state index in [1.54, 1.807) is 10.9 Å². The van der Waals surface area contributed by atoms with Crippen LogP contribution in [0, 0.1) is 23.4 Å². The molecular weight excluding hydrogens is 321 g/mol. The Morgan fingerprint density at radius 3 is 2.58 bits per heavy atom. The van der Waals surface area contributed by atoms with E-state index in [-0.39, 0.29) is 24.1 Å². The molecule has 8 heteroatoms. The zero-order valence-electron chi connectivity index (χ0n) is 13.5. The summed E-state index contributed by atoms with van der Waals surface area (Å²) < 4.78 is 41.1. The largest absolute Gasteiger partial charge is 0.338 e. The lowest BCUT2D eigenvalue weighted by Gasteiger charge is -2.20. The third-order valence-electron chi connectivity index (χ3n) is 3.47. The zero-order chi connectivity index (χ0) is 17.7. The van der Waals surface area contributed by atoms with E-state index in [2.05, 4.69) is 10.4 Å². The summed E-state index contributed by atoms with van der Waals surface area (Å²) >= 11 is 0. The zero-order valence-corrected chi connectivity index (χ0v) is 13.5. The minimum Gasteiger partial charge on any atom is -0.338 e. The number of rotatable bonds is 6. The Bertz CT molecular complexity index is 668. The Balaban J connectivity index is 1.83. The van der Waals surface area contributed by atoms with Crippen molar-refractivity contribution >= 4 is 6.03 Å². The standard InChI is InChI=1S/C16H19F3N4O/c1-11(9-23-5-3-4-21-23)8-20-16(24)22(2)10-12-6-13(17)15(19)14(18)7-12/h3-7,11H,8-10H2,1-2H3,(H,20,24)/t11-/m1/s1. The average molecular weight is 340 g/mol. The number of carbonyl (C=O) groups is 1. The first-order valence-electron chi connectivity index (χ1n) is 7.46. The summed E-state index contributed by atoms with van der Waals surface area (Å²) in [5, 5.41) is 6.83. The molecule has 0 aliphatic carbocycles. The molecular formula is C16H19F3N4O. The molecule has 1 aromatic heterocycles. The second-order valence-electron chi connectivity index (χ2n) is 5.75. The van der Waals surface area contributed by atoms with Gasteiger partial charge in [0.25, 0.3) is 0 Å². The van der Waals surface area contributed by atoms with E-state index in [1.807, 2.05) is 19.2 Å². The van der Waals surface area contributed by atoms with E-state index in [9.17, 15) is 18.0 Å². The van der Waals surface area contributed by atoms with Gasteiger partial charge in [-0.2, -0.15) is 5.10 Å². The van der Waals surface area contributed by atoms with Crippen LogP contribution in [0.3, 0.4) is 0 Å². The molecule has 2 amide bonds. The molecule has 1 aromatic carbocycles. The van der Waals surface area contributed by atoms with Gasteiger partial charge in [0.2, 0.25) is 0 Å². The summed E-state index contributed by atoms with van der Waals surface area (Å²) in [7, 11) is 1.49. The quantitative estimate of drug-likeness (QED) is 0.822. The summed E-state index contributed by atoms with van der Waals surface area (Å²) in [6.07, 6.45) is 3.52. The van der Waals surface area contributed by atoms with Crippen molar-refractivity contribution in [3.63, 3.8) is 0 Å². The highest BCUT2D eigenvalue weighted by atomic mass is 19.2. The molecule has 0 saturated heterocycles. The van der Waals surface area contributed by atoms with Gasteiger partial charge in [-0.3, -0.25) is 4.68 Å². The number of hydrogen-bond donors (Lipinski definition) is 1. The van der Waals surface area contributed by atoms with Gasteiger partial charge < -0.3 is 10.2 Å². The molecule has 0 unspecified atom stereocenters. The second kappa shape index (κ2) is 7.85. The first kappa shape index (κ1) is 17.8. The molecule has 0 bridgehead atoms. The third-order valence-corrected chi connectivity index (χ3v) is 3.47. The van der Waals surface area contributed by atoms with Gasteiger partial charge in [-0.05, 0) is 29.7 Å². The van der Waals surface area contributed by atoms with Crippen molar-refractivity contribution in [1.82, 2.24) is 20.0 Å². The Kier molecular flexibility index (Phi) is 5.83. The van der Waals surface area contributed by atoms with Crippen molar-refractivity contribution in [3.05, 3.63) is 53.6 Å². The van der Waals surface area contributed by atoms with Crippen LogP contribution in [0.25, 0.3) is 0 Å². The van der Waals surface area contributed by atoms with Crippen molar-refractivity contribution < 1.29 is 18.0 Å². The first-order valence-corrected chi connectivity index (χ1v) is 7.46. The first-order chi connectivity index (χ1) is 11.4. The molecule has 0 radical (unpaired) electrons. The number of hydrogen-bond acceptors (Lipinski definition) is 2. The summed E-state index contributed by atoms with van der Waals surface area (Å²) in [4.78, 5) is 13.3. The molecule has 5 nitrogen and oxygen atoms in total. The molecule has 1 N–H and O–H groups in total. The fraction of sp³-hybridized carbons (Fsp3) is 0.375. The van der Waals surface area contributed by atoms with Crippen LogP contribution >= 0.6 is 0 Å². The SMILES string of the molecule is C[C@H](CNC(=O)N(C)Cc1cc(F)c(F)c(F)c1)Cn1cccn1. The van der Waals surface area contributed by atoms with Crippen molar-refractivity contribution in [1.29, 1.82) is 0 Å². The van der Waals surface area contributed by atoms with Crippen molar-refractivity contribution in [3.8, 4) is 0 Å². The van der Waals surface area contributed by atoms with Gasteiger partial charge in [0.1, 0.15) is 0 Å². The van der Waals surface area contributed by atoms with Crippen LogP contribution in [-0.4, -0.2) is 34.3 Å². The van der Waals surface area contributed by atoms with Crippen LogP contribution in [0.15, 0.2) is 30.6 Å². The Hall–Kier alpha value is -2.51. The summed E-state index contributed by atoms with van der Waals surface area (Å²) in [5.74, 6) is -3.90. The van der Waals surface area contributed by atoms with Crippen LogP contribution in [0.5, 0.6) is 0 Å². The van der Waals surface area contributed by atoms with Gasteiger partial charge in [-0.25, -0.2) is 18.0 Å². The Morgan fingerprint density at radius 1 is 1.33 bits per heavy atom. The Morgan fingerprint density at radius 2 is 2.00 bits per heavy atom. The number of benzene rings is 1. The smallest absolute Gasteiger partial charge is 0.317 e. The predicted molar refractivity (Wildman–Crippen MR) is 82.6 cm³/mol. The van der Waals surface area contributed by atoms with E-state index in [1.165, 1.54) is 11.9 Å². The second-order valence-corrected chi connectivity index (χ2v) is 5.75. The summed E-state index contributed by atoms with van der Waals surface area (Å²) in [6, 6.07) is 3.19. The maximum absolute atomic E-state index is 13.2. The molecule has 0 aliphatic heterocycles. The van der Waals surface area contributed by atoms with E-state index in [0.717, 1.165) is 12.1 Å². The third kappa shape index (κ3) is 4.74. The minimum absolute atomic E-state index is 0.0342. The fourth-order valence-corrected chi connectivity index (χ4v) is 2.23. The van der Waals surface area contributed by atoms with Crippen LogP contribution in [0.4, 0.5) is 18.0 Å². The normalized spacial score (nSPS) is 12.0. The maximum Gasteiger partial charge on any atom is 0.317 e. The van der Waals surface area contributed by atoms with Crippen molar-refractivity contribution in [2.24, 2.45) is 5.92 Å². The van der Waals surface area contributed by atoms with Gasteiger partial charge in [0, 0.05) is 39.1 Å². The van der Waals surface area contributed by atoms with E-state index < -0.39 is 17.5 Å². The van der Waals surface area contributed by atoms with Crippen LogP contribution in [0.1, 0.15) is 12.5 Å². The predicted octanol–water partition coefficient (Wildman–Crippen LogP) is 2.78. The van der Waals surface area contributed by atoms with E-state index in [0.29, 0.717) is 13.1 Å². The van der Waals surface area contributed by atoms with Crippen LogP contribution in [-0.2, 0) is 13.1 Å². The average Bonchev–Trinajstić information content (AvgIpc) is 3.03. The van der Waals surface area contributed by atoms with Gasteiger partial charge >= 0.3 is 6.03 Å². The van der Waals surface area contributed by atoms with Gasteiger partial charge in [-0.15, -0.1) is 0 Å². The molecule has 1 heterocycles. The number of halogens is 3. The number of amides is 2. The van der Waals surface area contributed by atoms with E-state index in [4.69, 9.17) is 0 Å². The molecule has 2 rings (SSSR count). The Labute approximate surface area is 138 Å². The van der Waals surface area contributed by atoms with Gasteiger partial charge in [-0.1, -0.05) is 6.92 Å². The lowest BCUT2D eigenvalue weighted by molar-refractivity contribution is 0.204. The molecule has 1 atom stereocenters. The highest BCUT2D eigenvalue weighted by Crippen LogP contribution is 2.14. The molecule has 24 heavy (non-hydrogen) atoms. The monoisotopic (exact) mass is 340 g/mol. The van der Waals surface area contributed by atoms with E-state index >= 15 is 0 Å². The minimum atomic E-state index is -1.52. The molecule has 130 valence electrons. The van der Waals surface area contributed by atoms with Crippen LogP contribution in [0.2, 0.25) is 0 Å². The maximum atomic E-state index is 13.2. The lowest BCUT2D eigenvalue weighted by Crippen LogP contribution is -2.39. The van der Waals surface area contributed by atoms with Gasteiger partial charge in [0.15, 0.2) is 17.5 Å². The highest BCUT2D eigenvalue weighted by Gasteiger charge is 2.15. The number of carbonyl (C=O) groups excluding carboxylic acids is 1. The number of urea groups is 1. The topological polar surface area (TPSA) is 50.2 Å². The summed E-state index contributed by atoms with van der Waals surface area (Å²) in [6.45, 7) is 3.01.